The van der Waals surface area contributed by atoms with E-state index >= 15 is 0 Å². The third kappa shape index (κ3) is 2.76. The van der Waals surface area contributed by atoms with E-state index in [9.17, 15) is 4.79 Å². The van der Waals surface area contributed by atoms with Crippen molar-refractivity contribution in [3.05, 3.63) is 78.5 Å². The number of hydrogen-bond donors (Lipinski definition) is 2. The van der Waals surface area contributed by atoms with Gasteiger partial charge in [-0.25, -0.2) is 4.98 Å². The first-order chi connectivity index (χ1) is 12.8. The summed E-state index contributed by atoms with van der Waals surface area (Å²) in [5.74, 6) is 0.925. The second-order valence-corrected chi connectivity index (χ2v) is 5.59. The fraction of sp³-hybridized carbons (Fsp3) is 0. The Kier molecular flexibility index (Phi) is 3.84. The van der Waals surface area contributed by atoms with Crippen LogP contribution in [0.1, 0.15) is 16.1 Å². The first kappa shape index (κ1) is 15.5. The fourth-order valence-corrected chi connectivity index (χ4v) is 2.74. The zero-order valence-electron chi connectivity index (χ0n) is 13.6. The van der Waals surface area contributed by atoms with E-state index in [1.807, 2.05) is 40.9 Å². The highest BCUT2D eigenvalue weighted by Gasteiger charge is 2.25. The van der Waals surface area contributed by atoms with Crippen molar-refractivity contribution in [3.8, 4) is 17.5 Å². The maximum atomic E-state index is 12.7. The zero-order valence-corrected chi connectivity index (χ0v) is 13.6. The van der Waals surface area contributed by atoms with Crippen molar-refractivity contribution in [3.63, 3.8) is 0 Å². The average Bonchev–Trinajstić information content (AvgIpc) is 3.09. The number of aromatic nitrogens is 4. The lowest BCUT2D eigenvalue weighted by Crippen LogP contribution is -2.22. The van der Waals surface area contributed by atoms with Crippen LogP contribution in [0.4, 0.5) is 5.82 Å². The Morgan fingerprint density at radius 3 is 2.77 bits per heavy atom. The predicted octanol–water partition coefficient (Wildman–Crippen LogP) is 1.75. The molecule has 3 heterocycles. The molecule has 0 aliphatic heterocycles. The number of amides is 1. The molecule has 0 saturated carbocycles. The molecule has 7 nitrogen and oxygen atoms in total. The molecule has 1 amide bonds. The highest BCUT2D eigenvalue weighted by molar-refractivity contribution is 6.06. The molecule has 3 aromatic heterocycles. The average molecular weight is 342 g/mol. The highest BCUT2D eigenvalue weighted by Crippen LogP contribution is 2.19. The Bertz CT molecular complexity index is 1130. The molecular formula is C19H14N6O+2. The molecule has 0 radical (unpaired) electrons. The van der Waals surface area contributed by atoms with Crippen LogP contribution in [0.5, 0.6) is 0 Å². The molecule has 0 saturated heterocycles. The molecular weight excluding hydrogens is 328 g/mol. The largest absolute Gasteiger partial charge is 0.302 e. The van der Waals surface area contributed by atoms with Crippen LogP contribution in [0.2, 0.25) is 0 Å². The summed E-state index contributed by atoms with van der Waals surface area (Å²) in [5, 5.41) is 11.7. The van der Waals surface area contributed by atoms with Gasteiger partial charge in [0.1, 0.15) is 0 Å². The summed E-state index contributed by atoms with van der Waals surface area (Å²) in [5.41, 5.74) is 2.63. The molecule has 4 rings (SSSR count). The highest BCUT2D eigenvalue weighted by atomic mass is 16.2. The number of nitrogens with zero attached hydrogens (tertiary/aromatic N) is 3. The number of aromatic amines is 2. The lowest BCUT2D eigenvalue weighted by Gasteiger charge is -1.95. The summed E-state index contributed by atoms with van der Waals surface area (Å²) in [6, 6.07) is 16.6. The standard InChI is InChI=1S/C19H12N6O/c20-11-13-4-6-14(7-5-13)18-24-17(15-3-1-2-10-25(15)18)19(26)23-16-8-9-21-12-22-16/h1-10,12H,(H,21,22,23,26)/p+2. The third-order valence-corrected chi connectivity index (χ3v) is 3.97. The number of nitriles is 1. The predicted molar refractivity (Wildman–Crippen MR) is 92.8 cm³/mol. The van der Waals surface area contributed by atoms with Gasteiger partial charge in [0.05, 0.1) is 29.6 Å². The fourth-order valence-electron chi connectivity index (χ4n) is 2.74. The van der Waals surface area contributed by atoms with Crippen LogP contribution in [0.25, 0.3) is 16.9 Å². The van der Waals surface area contributed by atoms with Gasteiger partial charge in [0.25, 0.3) is 18.0 Å². The number of anilines is 1. The minimum Gasteiger partial charge on any atom is -0.282 e. The lowest BCUT2D eigenvalue weighted by molar-refractivity contribution is -0.498. The van der Waals surface area contributed by atoms with Crippen LogP contribution in [-0.2, 0) is 0 Å². The van der Waals surface area contributed by atoms with Gasteiger partial charge in [0.2, 0.25) is 5.69 Å². The van der Waals surface area contributed by atoms with E-state index in [-0.39, 0.29) is 5.91 Å². The van der Waals surface area contributed by atoms with E-state index in [1.165, 1.54) is 6.33 Å². The molecule has 3 N–H and O–H groups in total. The number of carbonyl (C=O) groups excluding carboxylic acids is 1. The van der Waals surface area contributed by atoms with Gasteiger partial charge in [0, 0.05) is 6.07 Å². The number of benzene rings is 1. The van der Waals surface area contributed by atoms with E-state index in [0.29, 0.717) is 17.1 Å². The molecule has 0 bridgehead atoms. The number of fused-ring (bicyclic) bond motifs is 1. The summed E-state index contributed by atoms with van der Waals surface area (Å²) in [6.45, 7) is 0. The molecule has 7 heteroatoms. The number of hydrogen-bond acceptors (Lipinski definition) is 3. The Balaban J connectivity index is 1.78. The van der Waals surface area contributed by atoms with Crippen molar-refractivity contribution >= 4 is 17.2 Å². The minimum absolute atomic E-state index is 0.285. The van der Waals surface area contributed by atoms with Gasteiger partial charge in [-0.15, -0.1) is 0 Å². The Morgan fingerprint density at radius 2 is 2.04 bits per heavy atom. The van der Waals surface area contributed by atoms with Crippen molar-refractivity contribution in [1.82, 2.24) is 9.97 Å². The third-order valence-electron chi connectivity index (χ3n) is 3.97. The van der Waals surface area contributed by atoms with Crippen LogP contribution in [-0.4, -0.2) is 15.9 Å². The number of pyridine rings is 1. The Morgan fingerprint density at radius 1 is 1.19 bits per heavy atom. The Labute approximate surface area is 148 Å². The normalized spacial score (nSPS) is 10.4. The number of rotatable bonds is 3. The van der Waals surface area contributed by atoms with Crippen molar-refractivity contribution in [2.45, 2.75) is 0 Å². The summed E-state index contributed by atoms with van der Waals surface area (Å²) in [7, 11) is 0. The maximum Gasteiger partial charge on any atom is 0.302 e. The van der Waals surface area contributed by atoms with E-state index < -0.39 is 0 Å². The van der Waals surface area contributed by atoms with Gasteiger partial charge in [-0.3, -0.25) is 15.1 Å². The van der Waals surface area contributed by atoms with Crippen molar-refractivity contribution in [2.24, 2.45) is 0 Å². The second kappa shape index (κ2) is 6.45. The Hall–Kier alpha value is -4.05. The molecule has 0 atom stereocenters. The first-order valence-corrected chi connectivity index (χ1v) is 7.92. The molecule has 124 valence electrons. The molecule has 0 aliphatic carbocycles. The van der Waals surface area contributed by atoms with E-state index in [4.69, 9.17) is 5.26 Å². The smallest absolute Gasteiger partial charge is 0.282 e. The zero-order chi connectivity index (χ0) is 17.9. The number of imidazole rings is 1. The van der Waals surface area contributed by atoms with E-state index in [0.717, 1.165) is 16.9 Å². The molecule has 0 spiro atoms. The van der Waals surface area contributed by atoms with Crippen molar-refractivity contribution < 1.29 is 14.2 Å². The first-order valence-electron chi connectivity index (χ1n) is 7.92. The van der Waals surface area contributed by atoms with Crippen LogP contribution in [0, 0.1) is 11.3 Å². The molecule has 0 fully saturated rings. The SMILES string of the molecule is N#Cc1ccc(-c2[nH]c(C(=O)Nc3cc[nH+]cn3)c3cccc[n+]23)cc1. The van der Waals surface area contributed by atoms with Crippen molar-refractivity contribution in [2.75, 3.05) is 5.32 Å². The van der Waals surface area contributed by atoms with Crippen LogP contribution in [0.3, 0.4) is 0 Å². The molecule has 0 unspecified atom stereocenters. The van der Waals surface area contributed by atoms with Gasteiger partial charge in [0.15, 0.2) is 5.52 Å². The van der Waals surface area contributed by atoms with Crippen LogP contribution >= 0.6 is 0 Å². The molecule has 26 heavy (non-hydrogen) atoms. The lowest BCUT2D eigenvalue weighted by atomic mass is 10.1. The maximum absolute atomic E-state index is 12.7. The minimum atomic E-state index is -0.285. The van der Waals surface area contributed by atoms with Crippen molar-refractivity contribution in [1.29, 1.82) is 5.26 Å². The van der Waals surface area contributed by atoms with E-state index in [2.05, 4.69) is 26.3 Å². The van der Waals surface area contributed by atoms with Crippen LogP contribution in [0.15, 0.2) is 67.3 Å². The van der Waals surface area contributed by atoms with Gasteiger partial charge in [-0.1, -0.05) is 6.07 Å². The van der Waals surface area contributed by atoms with Gasteiger partial charge < -0.3 is 0 Å². The van der Waals surface area contributed by atoms with E-state index in [1.54, 1.807) is 24.4 Å². The van der Waals surface area contributed by atoms with Gasteiger partial charge in [-0.05, 0) is 41.4 Å². The summed E-state index contributed by atoms with van der Waals surface area (Å²) in [6.07, 6.45) is 5.07. The monoisotopic (exact) mass is 342 g/mol. The molecule has 0 aliphatic rings. The number of H-pyrrole nitrogens is 2. The number of carbonyl (C=O) groups is 1. The van der Waals surface area contributed by atoms with Gasteiger partial charge in [-0.2, -0.15) is 9.66 Å². The summed E-state index contributed by atoms with van der Waals surface area (Å²) < 4.78 is 1.91. The quantitative estimate of drug-likeness (QED) is 0.555. The second-order valence-electron chi connectivity index (χ2n) is 5.59. The topological polar surface area (TPSA) is 99.8 Å². The molecule has 1 aromatic carbocycles. The summed E-state index contributed by atoms with van der Waals surface area (Å²) >= 11 is 0. The summed E-state index contributed by atoms with van der Waals surface area (Å²) in [4.78, 5) is 22.8. The molecule has 4 aromatic rings. The van der Waals surface area contributed by atoms with Gasteiger partial charge >= 0.3 is 5.91 Å². The van der Waals surface area contributed by atoms with Crippen LogP contribution < -0.4 is 14.7 Å². The number of nitrogens with one attached hydrogen (secondary N) is 3.